The fraction of sp³-hybridized carbons (Fsp3) is 1.00. The first-order chi connectivity index (χ1) is 7.24. The predicted octanol–water partition coefficient (Wildman–Crippen LogP) is 5.02. The highest BCUT2D eigenvalue weighted by atomic mass is 79.9. The minimum Gasteiger partial charge on any atom is -0.160 e. The molecule has 0 aromatic carbocycles. The summed E-state index contributed by atoms with van der Waals surface area (Å²) in [5, 5.41) is 4.34. The lowest BCUT2D eigenvalue weighted by Crippen LogP contribution is -2.31. The second-order valence-corrected chi connectivity index (χ2v) is 8.17. The molecule has 0 rings (SSSR count). The zero-order valence-corrected chi connectivity index (χ0v) is 16.5. The van der Waals surface area contributed by atoms with E-state index in [1.54, 1.807) is 0 Å². The molecule has 0 N–H and O–H groups in total. The molecular formula is C9H16Br4S2. The third-order valence-corrected chi connectivity index (χ3v) is 8.67. The van der Waals surface area contributed by atoms with Gasteiger partial charge in [-0.1, -0.05) is 63.7 Å². The van der Waals surface area contributed by atoms with E-state index >= 15 is 0 Å². The van der Waals surface area contributed by atoms with Crippen LogP contribution in [0.2, 0.25) is 0 Å². The Labute approximate surface area is 135 Å². The monoisotopic (exact) mass is 504 g/mol. The fourth-order valence-electron chi connectivity index (χ4n) is 0.918. The molecule has 0 saturated carbocycles. The SMILES string of the molecule is BrCCSCC(CBr)(CBr)CSCCBr. The maximum atomic E-state index is 3.66. The Hall–Kier alpha value is 2.62. The smallest absolute Gasteiger partial charge is 0.0122 e. The van der Waals surface area contributed by atoms with Crippen LogP contribution in [0.25, 0.3) is 0 Å². The Morgan fingerprint density at radius 1 is 0.733 bits per heavy atom. The normalized spacial score (nSPS) is 12.0. The average molecular weight is 508 g/mol. The second kappa shape index (κ2) is 11.7. The highest BCUT2D eigenvalue weighted by Crippen LogP contribution is 2.32. The number of halogens is 4. The maximum Gasteiger partial charge on any atom is 0.0122 e. The number of hydrogen-bond acceptors (Lipinski definition) is 2. The topological polar surface area (TPSA) is 0 Å². The minimum atomic E-state index is 0.402. The van der Waals surface area contributed by atoms with Crippen LogP contribution in [0.15, 0.2) is 0 Å². The van der Waals surface area contributed by atoms with Crippen molar-refractivity contribution in [2.24, 2.45) is 5.41 Å². The van der Waals surface area contributed by atoms with E-state index in [1.165, 1.54) is 23.0 Å². The van der Waals surface area contributed by atoms with Crippen LogP contribution in [0.5, 0.6) is 0 Å². The molecule has 0 unspecified atom stereocenters. The van der Waals surface area contributed by atoms with Gasteiger partial charge in [0.15, 0.2) is 0 Å². The van der Waals surface area contributed by atoms with Gasteiger partial charge in [-0.15, -0.1) is 0 Å². The molecule has 0 aliphatic rings. The summed E-state index contributed by atoms with van der Waals surface area (Å²) >= 11 is 18.3. The highest BCUT2D eigenvalue weighted by molar-refractivity contribution is 9.10. The Bertz CT molecular complexity index is 130. The zero-order valence-electron chi connectivity index (χ0n) is 8.49. The van der Waals surface area contributed by atoms with Gasteiger partial charge < -0.3 is 0 Å². The van der Waals surface area contributed by atoms with Gasteiger partial charge in [0.1, 0.15) is 0 Å². The van der Waals surface area contributed by atoms with Crippen molar-refractivity contribution in [1.29, 1.82) is 0 Å². The van der Waals surface area contributed by atoms with E-state index in [2.05, 4.69) is 63.7 Å². The Morgan fingerprint density at radius 3 is 1.40 bits per heavy atom. The average Bonchev–Trinajstić information content (AvgIpc) is 2.28. The molecule has 0 aliphatic carbocycles. The molecule has 6 heteroatoms. The van der Waals surface area contributed by atoms with Gasteiger partial charge in [-0.25, -0.2) is 0 Å². The quantitative estimate of drug-likeness (QED) is 0.301. The highest BCUT2D eigenvalue weighted by Gasteiger charge is 2.27. The lowest BCUT2D eigenvalue weighted by Gasteiger charge is -2.29. The first-order valence-corrected chi connectivity index (χ1v) is 11.4. The van der Waals surface area contributed by atoms with Gasteiger partial charge in [0, 0.05) is 49.7 Å². The predicted molar refractivity (Wildman–Crippen MR) is 92.3 cm³/mol. The van der Waals surface area contributed by atoms with Crippen molar-refractivity contribution in [3.05, 3.63) is 0 Å². The molecule has 0 heterocycles. The van der Waals surface area contributed by atoms with E-state index in [4.69, 9.17) is 0 Å². The minimum absolute atomic E-state index is 0.402. The lowest BCUT2D eigenvalue weighted by atomic mass is 10.00. The van der Waals surface area contributed by atoms with Crippen molar-refractivity contribution in [3.8, 4) is 0 Å². The van der Waals surface area contributed by atoms with Gasteiger partial charge in [-0.2, -0.15) is 23.5 Å². The lowest BCUT2D eigenvalue weighted by molar-refractivity contribution is 0.524. The van der Waals surface area contributed by atoms with Crippen molar-refractivity contribution < 1.29 is 0 Å². The molecule has 0 nitrogen and oxygen atoms in total. The standard InChI is InChI=1S/C9H16Br4S2/c10-1-3-14-7-9(5-12,6-13)8-15-4-2-11/h1-8H2. The summed E-state index contributed by atoms with van der Waals surface area (Å²) in [6.07, 6.45) is 0. The Balaban J connectivity index is 3.93. The summed E-state index contributed by atoms with van der Waals surface area (Å²) in [6.45, 7) is 0. The van der Waals surface area contributed by atoms with E-state index in [0.717, 1.165) is 21.3 Å². The Morgan fingerprint density at radius 2 is 1.13 bits per heavy atom. The van der Waals surface area contributed by atoms with Crippen LogP contribution in [-0.2, 0) is 0 Å². The molecular weight excluding hydrogens is 492 g/mol. The molecule has 0 saturated heterocycles. The number of rotatable bonds is 10. The van der Waals surface area contributed by atoms with Crippen molar-refractivity contribution in [1.82, 2.24) is 0 Å². The van der Waals surface area contributed by atoms with Crippen LogP contribution in [0.3, 0.4) is 0 Å². The summed E-state index contributed by atoms with van der Waals surface area (Å²) in [4.78, 5) is 0. The number of thioether (sulfide) groups is 2. The van der Waals surface area contributed by atoms with Gasteiger partial charge in [-0.05, 0) is 0 Å². The molecule has 0 bridgehead atoms. The van der Waals surface area contributed by atoms with Crippen LogP contribution in [0.1, 0.15) is 0 Å². The number of hydrogen-bond donors (Lipinski definition) is 0. The summed E-state index contributed by atoms with van der Waals surface area (Å²) in [6, 6.07) is 0. The van der Waals surface area contributed by atoms with Crippen LogP contribution < -0.4 is 0 Å². The van der Waals surface area contributed by atoms with E-state index in [-0.39, 0.29) is 0 Å². The summed E-state index contributed by atoms with van der Waals surface area (Å²) in [7, 11) is 0. The van der Waals surface area contributed by atoms with Crippen LogP contribution >= 0.6 is 87.2 Å². The van der Waals surface area contributed by atoms with Gasteiger partial charge in [-0.3, -0.25) is 0 Å². The molecule has 0 aromatic heterocycles. The fourth-order valence-corrected chi connectivity index (χ4v) is 7.18. The van der Waals surface area contributed by atoms with E-state index in [0.29, 0.717) is 5.41 Å². The van der Waals surface area contributed by atoms with Crippen LogP contribution in [0, 0.1) is 5.41 Å². The van der Waals surface area contributed by atoms with Crippen LogP contribution in [0.4, 0.5) is 0 Å². The molecule has 15 heavy (non-hydrogen) atoms. The summed E-state index contributed by atoms with van der Waals surface area (Å²) in [5.41, 5.74) is 0.402. The van der Waals surface area contributed by atoms with Gasteiger partial charge in [0.2, 0.25) is 0 Å². The van der Waals surface area contributed by atoms with Gasteiger partial charge in [0.25, 0.3) is 0 Å². The third kappa shape index (κ3) is 8.36. The van der Waals surface area contributed by atoms with E-state index < -0.39 is 0 Å². The molecule has 0 spiro atoms. The molecule has 0 atom stereocenters. The first kappa shape index (κ1) is 17.6. The molecule has 0 aliphatic heterocycles. The zero-order chi connectivity index (χ0) is 11.6. The van der Waals surface area contributed by atoms with Crippen molar-refractivity contribution in [2.45, 2.75) is 0 Å². The van der Waals surface area contributed by atoms with Crippen molar-refractivity contribution in [2.75, 3.05) is 44.3 Å². The van der Waals surface area contributed by atoms with Crippen molar-refractivity contribution >= 4 is 87.2 Å². The molecule has 0 radical (unpaired) electrons. The molecule has 0 amide bonds. The largest absolute Gasteiger partial charge is 0.160 e. The van der Waals surface area contributed by atoms with Gasteiger partial charge >= 0.3 is 0 Å². The van der Waals surface area contributed by atoms with E-state index in [9.17, 15) is 0 Å². The molecule has 0 fully saturated rings. The van der Waals surface area contributed by atoms with Gasteiger partial charge in [0.05, 0.1) is 0 Å². The second-order valence-electron chi connectivity index (χ2n) is 3.25. The van der Waals surface area contributed by atoms with E-state index in [1.807, 2.05) is 23.5 Å². The first-order valence-electron chi connectivity index (χ1n) is 4.64. The third-order valence-electron chi connectivity index (χ3n) is 1.83. The summed E-state index contributed by atoms with van der Waals surface area (Å²) < 4.78 is 0. The summed E-state index contributed by atoms with van der Waals surface area (Å²) in [5.74, 6) is 4.85. The maximum absolute atomic E-state index is 3.66. The van der Waals surface area contributed by atoms with Crippen molar-refractivity contribution in [3.63, 3.8) is 0 Å². The molecule has 0 aromatic rings. The van der Waals surface area contributed by atoms with Crippen LogP contribution in [-0.4, -0.2) is 44.3 Å². The number of alkyl halides is 4. The Kier molecular flexibility index (Phi) is 13.7. The molecule has 92 valence electrons.